The molecule has 0 aliphatic rings. The summed E-state index contributed by atoms with van der Waals surface area (Å²) in [5.41, 5.74) is 0.991. The number of nitrogens with one attached hydrogen (secondary N) is 1. The average Bonchev–Trinajstić information content (AvgIpc) is 3.00. The first-order chi connectivity index (χ1) is 11.9. The molecule has 0 unspecified atom stereocenters. The molecule has 0 saturated heterocycles. The molecule has 1 aromatic heterocycles. The molecule has 2 aromatic carbocycles. The van der Waals surface area contributed by atoms with Crippen LogP contribution in [0, 0.1) is 0 Å². The molecule has 25 heavy (non-hydrogen) atoms. The van der Waals surface area contributed by atoms with Crippen LogP contribution in [0.15, 0.2) is 57.8 Å². The number of ether oxygens (including phenoxy) is 1. The Balaban J connectivity index is 1.84. The quantitative estimate of drug-likeness (QED) is 0.754. The summed E-state index contributed by atoms with van der Waals surface area (Å²) >= 11 is 0. The monoisotopic (exact) mass is 359 g/mol. The number of rotatable bonds is 5. The second kappa shape index (κ2) is 6.60. The summed E-state index contributed by atoms with van der Waals surface area (Å²) in [6.45, 7) is 2.36. The largest absolute Gasteiger partial charge is 0.490 e. The van der Waals surface area contributed by atoms with E-state index in [1.165, 1.54) is 24.3 Å². The summed E-state index contributed by atoms with van der Waals surface area (Å²) in [7, 11) is -3.27. The molecule has 0 atom stereocenters. The maximum atomic E-state index is 12.4. The zero-order valence-corrected chi connectivity index (χ0v) is 14.6. The van der Waals surface area contributed by atoms with Gasteiger partial charge in [-0.05, 0) is 43.3 Å². The van der Waals surface area contributed by atoms with Gasteiger partial charge in [-0.15, -0.1) is 0 Å². The summed E-state index contributed by atoms with van der Waals surface area (Å²) in [5, 5.41) is 3.45. The smallest absolute Gasteiger partial charge is 0.291 e. The van der Waals surface area contributed by atoms with Crippen molar-refractivity contribution in [2.45, 2.75) is 11.8 Å². The van der Waals surface area contributed by atoms with Crippen LogP contribution < -0.4 is 10.1 Å². The van der Waals surface area contributed by atoms with Crippen LogP contribution in [0.5, 0.6) is 5.75 Å². The minimum absolute atomic E-state index is 0.148. The fraction of sp³-hybridized carbons (Fsp3) is 0.167. The lowest BCUT2D eigenvalue weighted by atomic mass is 10.2. The number of furan rings is 1. The zero-order valence-electron chi connectivity index (χ0n) is 13.8. The van der Waals surface area contributed by atoms with Crippen LogP contribution in [0.4, 0.5) is 5.69 Å². The second-order valence-electron chi connectivity index (χ2n) is 5.47. The molecule has 3 rings (SSSR count). The second-order valence-corrected chi connectivity index (χ2v) is 7.48. The highest BCUT2D eigenvalue weighted by Gasteiger charge is 2.15. The van der Waals surface area contributed by atoms with Crippen molar-refractivity contribution < 1.29 is 22.4 Å². The Hall–Kier alpha value is -2.80. The molecule has 1 heterocycles. The van der Waals surface area contributed by atoms with Crippen LogP contribution in [0.1, 0.15) is 17.5 Å². The molecule has 0 saturated carbocycles. The first kappa shape index (κ1) is 17.0. The number of carbonyl (C=O) groups is 1. The Kier molecular flexibility index (Phi) is 4.50. The highest BCUT2D eigenvalue weighted by molar-refractivity contribution is 7.90. The molecule has 6 nitrogen and oxygen atoms in total. The highest BCUT2D eigenvalue weighted by atomic mass is 32.2. The van der Waals surface area contributed by atoms with Gasteiger partial charge in [-0.2, -0.15) is 0 Å². The van der Waals surface area contributed by atoms with Crippen molar-refractivity contribution in [3.8, 4) is 5.75 Å². The predicted molar refractivity (Wildman–Crippen MR) is 94.9 cm³/mol. The summed E-state index contributed by atoms with van der Waals surface area (Å²) < 4.78 is 34.0. The van der Waals surface area contributed by atoms with Gasteiger partial charge in [0.1, 0.15) is 0 Å². The molecule has 0 aliphatic heterocycles. The molecule has 0 fully saturated rings. The first-order valence-corrected chi connectivity index (χ1v) is 9.54. The fourth-order valence-corrected chi connectivity index (χ4v) is 3.03. The van der Waals surface area contributed by atoms with E-state index in [1.807, 2.05) is 19.1 Å². The molecular weight excluding hydrogens is 342 g/mol. The van der Waals surface area contributed by atoms with E-state index < -0.39 is 15.7 Å². The third kappa shape index (κ3) is 3.66. The summed E-state index contributed by atoms with van der Waals surface area (Å²) in [4.78, 5) is 12.6. The van der Waals surface area contributed by atoms with Crippen molar-refractivity contribution in [3.63, 3.8) is 0 Å². The lowest BCUT2D eigenvalue weighted by Crippen LogP contribution is -2.10. The summed E-state index contributed by atoms with van der Waals surface area (Å²) in [6, 6.07) is 13.0. The van der Waals surface area contributed by atoms with Crippen LogP contribution in [-0.4, -0.2) is 27.2 Å². The Labute approximate surface area is 145 Å². The van der Waals surface area contributed by atoms with E-state index in [-0.39, 0.29) is 10.7 Å². The van der Waals surface area contributed by atoms with E-state index in [0.29, 0.717) is 23.6 Å². The number of hydrogen-bond donors (Lipinski definition) is 1. The van der Waals surface area contributed by atoms with E-state index in [4.69, 9.17) is 9.15 Å². The third-order valence-corrected chi connectivity index (χ3v) is 4.70. The number of para-hydroxylation sites is 1. The standard InChI is InChI=1S/C18H17NO5S/c1-3-23-15-6-4-5-12-11-16(24-17(12)15)18(20)19-13-7-9-14(10-8-13)25(2,21)22/h4-11H,3H2,1-2H3,(H,19,20). The van der Waals surface area contributed by atoms with Crippen LogP contribution in [-0.2, 0) is 9.84 Å². The van der Waals surface area contributed by atoms with Crippen molar-refractivity contribution >= 4 is 32.4 Å². The third-order valence-electron chi connectivity index (χ3n) is 3.57. The van der Waals surface area contributed by atoms with Gasteiger partial charge in [0.25, 0.3) is 5.91 Å². The summed E-state index contributed by atoms with van der Waals surface area (Å²) in [6.07, 6.45) is 1.13. The zero-order chi connectivity index (χ0) is 18.0. The molecule has 0 aliphatic carbocycles. The Bertz CT molecular complexity index is 1020. The van der Waals surface area contributed by atoms with Crippen LogP contribution in [0.2, 0.25) is 0 Å². The Morgan fingerprint density at radius 2 is 1.88 bits per heavy atom. The van der Waals surface area contributed by atoms with Crippen LogP contribution in [0.3, 0.4) is 0 Å². The molecule has 3 aromatic rings. The summed E-state index contributed by atoms with van der Waals surface area (Å²) in [5.74, 6) is 0.302. The molecule has 1 N–H and O–H groups in total. The Morgan fingerprint density at radius 1 is 1.16 bits per heavy atom. The van der Waals surface area contributed by atoms with Gasteiger partial charge < -0.3 is 14.5 Å². The SMILES string of the molecule is CCOc1cccc2cc(C(=O)Nc3ccc(S(C)(=O)=O)cc3)oc12. The molecule has 130 valence electrons. The topological polar surface area (TPSA) is 85.6 Å². The number of sulfone groups is 1. The van der Waals surface area contributed by atoms with E-state index in [1.54, 1.807) is 12.1 Å². The maximum Gasteiger partial charge on any atom is 0.291 e. The first-order valence-electron chi connectivity index (χ1n) is 7.65. The Morgan fingerprint density at radius 3 is 2.52 bits per heavy atom. The van der Waals surface area contributed by atoms with Crippen molar-refractivity contribution in [3.05, 3.63) is 54.3 Å². The predicted octanol–water partition coefficient (Wildman–Crippen LogP) is 3.49. The average molecular weight is 359 g/mol. The number of fused-ring (bicyclic) bond motifs is 1. The van der Waals surface area contributed by atoms with Gasteiger partial charge >= 0.3 is 0 Å². The highest BCUT2D eigenvalue weighted by Crippen LogP contribution is 2.29. The normalized spacial score (nSPS) is 11.4. The van der Waals surface area contributed by atoms with E-state index >= 15 is 0 Å². The van der Waals surface area contributed by atoms with Crippen molar-refractivity contribution in [1.82, 2.24) is 0 Å². The maximum absolute atomic E-state index is 12.4. The van der Waals surface area contributed by atoms with Crippen LogP contribution in [0.25, 0.3) is 11.0 Å². The molecule has 7 heteroatoms. The van der Waals surface area contributed by atoms with Crippen molar-refractivity contribution in [2.24, 2.45) is 0 Å². The lowest BCUT2D eigenvalue weighted by Gasteiger charge is -2.04. The minimum atomic E-state index is -3.27. The molecule has 0 bridgehead atoms. The van der Waals surface area contributed by atoms with Gasteiger partial charge in [0, 0.05) is 17.3 Å². The van der Waals surface area contributed by atoms with E-state index in [2.05, 4.69) is 5.32 Å². The van der Waals surface area contributed by atoms with Crippen molar-refractivity contribution in [2.75, 3.05) is 18.2 Å². The number of benzene rings is 2. The van der Waals surface area contributed by atoms with Gasteiger partial charge in [-0.25, -0.2) is 8.42 Å². The van der Waals surface area contributed by atoms with Gasteiger partial charge in [0.05, 0.1) is 11.5 Å². The van der Waals surface area contributed by atoms with Gasteiger partial charge in [0.2, 0.25) is 0 Å². The number of amides is 1. The van der Waals surface area contributed by atoms with E-state index in [9.17, 15) is 13.2 Å². The number of carbonyl (C=O) groups excluding carboxylic acids is 1. The fourth-order valence-electron chi connectivity index (χ4n) is 2.40. The van der Waals surface area contributed by atoms with E-state index in [0.717, 1.165) is 11.6 Å². The van der Waals surface area contributed by atoms with Crippen molar-refractivity contribution in [1.29, 1.82) is 0 Å². The van der Waals surface area contributed by atoms with Gasteiger partial charge in [-0.1, -0.05) is 12.1 Å². The molecule has 0 radical (unpaired) electrons. The van der Waals surface area contributed by atoms with Gasteiger partial charge in [0.15, 0.2) is 26.9 Å². The lowest BCUT2D eigenvalue weighted by molar-refractivity contribution is 0.0998. The molecular formula is C18H17NO5S. The molecule has 1 amide bonds. The van der Waals surface area contributed by atoms with Crippen LogP contribution >= 0.6 is 0 Å². The number of anilines is 1. The number of hydrogen-bond acceptors (Lipinski definition) is 5. The minimum Gasteiger partial charge on any atom is -0.490 e. The molecule has 0 spiro atoms. The van der Waals surface area contributed by atoms with Gasteiger partial charge in [-0.3, -0.25) is 4.79 Å².